The summed E-state index contributed by atoms with van der Waals surface area (Å²) >= 11 is 0. The number of carboxylic acid groups (broad SMARTS) is 1. The first kappa shape index (κ1) is 14.3. The van der Waals surface area contributed by atoms with Crippen LogP contribution in [0.2, 0.25) is 0 Å². The number of aromatic carboxylic acids is 1. The topological polar surface area (TPSA) is 83.7 Å². The lowest BCUT2D eigenvalue weighted by Crippen LogP contribution is -2.33. The van der Waals surface area contributed by atoms with Crippen molar-refractivity contribution in [1.29, 1.82) is 0 Å². The fourth-order valence-corrected chi connectivity index (χ4v) is 2.68. The molecule has 1 fully saturated rings. The van der Waals surface area contributed by atoms with Gasteiger partial charge in [-0.1, -0.05) is 12.8 Å². The van der Waals surface area contributed by atoms with Crippen molar-refractivity contribution >= 4 is 17.3 Å². The van der Waals surface area contributed by atoms with Gasteiger partial charge in [0.1, 0.15) is 0 Å². The van der Waals surface area contributed by atoms with Gasteiger partial charge in [-0.25, -0.2) is 4.79 Å². The van der Waals surface area contributed by atoms with Gasteiger partial charge in [-0.2, -0.15) is 0 Å². The lowest BCUT2D eigenvalue weighted by molar-refractivity contribution is -0.384. The van der Waals surface area contributed by atoms with E-state index < -0.39 is 10.9 Å². The smallest absolute Gasteiger partial charge is 0.337 e. The van der Waals surface area contributed by atoms with Gasteiger partial charge >= 0.3 is 5.97 Å². The second-order valence-corrected chi connectivity index (χ2v) is 5.16. The number of nitrogens with zero attached hydrogens (tertiary/aromatic N) is 2. The average Bonchev–Trinajstić information content (AvgIpc) is 2.62. The molecule has 1 aromatic rings. The van der Waals surface area contributed by atoms with Crippen LogP contribution in [0, 0.1) is 10.1 Å². The van der Waals surface area contributed by atoms with Crippen molar-refractivity contribution in [3.8, 4) is 0 Å². The fourth-order valence-electron chi connectivity index (χ4n) is 2.68. The molecule has 1 heterocycles. The van der Waals surface area contributed by atoms with Gasteiger partial charge in [0.25, 0.3) is 5.69 Å². The van der Waals surface area contributed by atoms with E-state index in [-0.39, 0.29) is 17.3 Å². The zero-order valence-electron chi connectivity index (χ0n) is 11.4. The van der Waals surface area contributed by atoms with Gasteiger partial charge in [0, 0.05) is 24.7 Å². The maximum absolute atomic E-state index is 11.3. The lowest BCUT2D eigenvalue weighted by atomic mass is 10.1. The Morgan fingerprint density at radius 3 is 2.80 bits per heavy atom. The van der Waals surface area contributed by atoms with Crippen LogP contribution in [-0.4, -0.2) is 28.6 Å². The summed E-state index contributed by atoms with van der Waals surface area (Å²) in [5, 5.41) is 20.2. The van der Waals surface area contributed by atoms with Gasteiger partial charge in [0.05, 0.1) is 16.2 Å². The summed E-state index contributed by atoms with van der Waals surface area (Å²) in [6.45, 7) is 2.78. The Bertz CT molecular complexity index is 530. The Hall–Kier alpha value is -2.11. The van der Waals surface area contributed by atoms with E-state index in [1.165, 1.54) is 18.2 Å². The van der Waals surface area contributed by atoms with Crippen molar-refractivity contribution in [2.45, 2.75) is 38.6 Å². The van der Waals surface area contributed by atoms with Crippen molar-refractivity contribution in [1.82, 2.24) is 0 Å². The van der Waals surface area contributed by atoms with Crippen LogP contribution < -0.4 is 4.90 Å². The predicted molar refractivity (Wildman–Crippen MR) is 75.3 cm³/mol. The van der Waals surface area contributed by atoms with Crippen LogP contribution in [0.4, 0.5) is 11.4 Å². The summed E-state index contributed by atoms with van der Waals surface area (Å²) in [5.41, 5.74) is 0.520. The van der Waals surface area contributed by atoms with Gasteiger partial charge in [0.15, 0.2) is 0 Å². The Morgan fingerprint density at radius 1 is 1.40 bits per heavy atom. The van der Waals surface area contributed by atoms with Crippen molar-refractivity contribution in [3.63, 3.8) is 0 Å². The third-order valence-corrected chi connectivity index (χ3v) is 3.78. The second-order valence-electron chi connectivity index (χ2n) is 5.16. The summed E-state index contributed by atoms with van der Waals surface area (Å²) in [5.74, 6) is -1.05. The van der Waals surface area contributed by atoms with E-state index >= 15 is 0 Å². The standard InChI is InChI=1S/C14H18N2O4/c1-10-5-3-2-4-8-15(10)13-9-11(16(19)20)6-7-12(13)14(17)18/h6-7,9-10H,2-5,8H2,1H3,(H,17,18). The molecule has 0 spiro atoms. The molecule has 1 aliphatic rings. The molecule has 0 aromatic heterocycles. The first-order chi connectivity index (χ1) is 9.50. The first-order valence-corrected chi connectivity index (χ1v) is 6.79. The number of hydrogen-bond donors (Lipinski definition) is 1. The van der Waals surface area contributed by atoms with E-state index in [0.717, 1.165) is 32.2 Å². The van der Waals surface area contributed by atoms with Gasteiger partial charge in [0.2, 0.25) is 0 Å². The minimum atomic E-state index is -1.05. The van der Waals surface area contributed by atoms with Crippen molar-refractivity contribution in [2.75, 3.05) is 11.4 Å². The highest BCUT2D eigenvalue weighted by Gasteiger charge is 2.24. The molecule has 20 heavy (non-hydrogen) atoms. The molecule has 0 bridgehead atoms. The number of hydrogen-bond acceptors (Lipinski definition) is 4. The van der Waals surface area contributed by atoms with E-state index in [1.807, 2.05) is 11.8 Å². The summed E-state index contributed by atoms with van der Waals surface area (Å²) < 4.78 is 0. The third-order valence-electron chi connectivity index (χ3n) is 3.78. The molecule has 6 nitrogen and oxygen atoms in total. The summed E-state index contributed by atoms with van der Waals surface area (Å²) in [6.07, 6.45) is 4.17. The molecule has 6 heteroatoms. The Labute approximate surface area is 117 Å². The van der Waals surface area contributed by atoms with E-state index in [1.54, 1.807) is 0 Å². The molecule has 1 saturated heterocycles. The Balaban J connectivity index is 2.47. The number of non-ortho nitro benzene ring substituents is 1. The molecular formula is C14H18N2O4. The highest BCUT2D eigenvalue weighted by atomic mass is 16.6. The molecule has 2 rings (SSSR count). The fraction of sp³-hybridized carbons (Fsp3) is 0.500. The zero-order valence-corrected chi connectivity index (χ0v) is 11.4. The van der Waals surface area contributed by atoms with Crippen LogP contribution in [0.15, 0.2) is 18.2 Å². The van der Waals surface area contributed by atoms with E-state index in [4.69, 9.17) is 0 Å². The summed E-state index contributed by atoms with van der Waals surface area (Å²) in [7, 11) is 0. The van der Waals surface area contributed by atoms with Crippen LogP contribution in [0.25, 0.3) is 0 Å². The van der Waals surface area contributed by atoms with Gasteiger partial charge in [-0.05, 0) is 25.8 Å². The number of nitro benzene ring substituents is 1. The first-order valence-electron chi connectivity index (χ1n) is 6.79. The molecule has 1 aromatic carbocycles. The highest BCUT2D eigenvalue weighted by Crippen LogP contribution is 2.30. The monoisotopic (exact) mass is 278 g/mol. The second kappa shape index (κ2) is 5.90. The number of nitro groups is 1. The van der Waals surface area contributed by atoms with Crippen molar-refractivity contribution in [3.05, 3.63) is 33.9 Å². The molecule has 1 atom stereocenters. The SMILES string of the molecule is CC1CCCCCN1c1cc([N+](=O)[O-])ccc1C(=O)O. The molecule has 1 N–H and O–H groups in total. The Kier molecular flexibility index (Phi) is 4.22. The van der Waals surface area contributed by atoms with Crippen LogP contribution in [0.5, 0.6) is 0 Å². The minimum absolute atomic E-state index is 0.0681. The van der Waals surface area contributed by atoms with Gasteiger partial charge < -0.3 is 10.0 Å². The number of rotatable bonds is 3. The number of benzene rings is 1. The largest absolute Gasteiger partial charge is 0.478 e. The third kappa shape index (κ3) is 2.89. The molecule has 0 amide bonds. The molecule has 0 aliphatic carbocycles. The van der Waals surface area contributed by atoms with Crippen molar-refractivity contribution < 1.29 is 14.8 Å². The maximum Gasteiger partial charge on any atom is 0.337 e. The number of carboxylic acids is 1. The normalized spacial score (nSPS) is 19.4. The predicted octanol–water partition coefficient (Wildman–Crippen LogP) is 3.06. The zero-order chi connectivity index (χ0) is 14.7. The quantitative estimate of drug-likeness (QED) is 0.678. The maximum atomic E-state index is 11.3. The molecule has 0 radical (unpaired) electrons. The molecule has 108 valence electrons. The number of anilines is 1. The minimum Gasteiger partial charge on any atom is -0.478 e. The van der Waals surface area contributed by atoms with Gasteiger partial charge in [-0.3, -0.25) is 10.1 Å². The van der Waals surface area contributed by atoms with Crippen molar-refractivity contribution in [2.24, 2.45) is 0 Å². The lowest BCUT2D eigenvalue weighted by Gasteiger charge is -2.30. The average molecular weight is 278 g/mol. The van der Waals surface area contributed by atoms with Crippen LogP contribution in [-0.2, 0) is 0 Å². The summed E-state index contributed by atoms with van der Waals surface area (Å²) in [6, 6.07) is 4.14. The van der Waals surface area contributed by atoms with E-state index in [9.17, 15) is 20.0 Å². The van der Waals surface area contributed by atoms with E-state index in [0.29, 0.717) is 5.69 Å². The summed E-state index contributed by atoms with van der Waals surface area (Å²) in [4.78, 5) is 23.7. The van der Waals surface area contributed by atoms with Crippen LogP contribution in [0.3, 0.4) is 0 Å². The van der Waals surface area contributed by atoms with Crippen LogP contribution in [0.1, 0.15) is 43.0 Å². The van der Waals surface area contributed by atoms with E-state index in [2.05, 4.69) is 0 Å². The number of carbonyl (C=O) groups is 1. The molecule has 1 aliphatic heterocycles. The van der Waals surface area contributed by atoms with Gasteiger partial charge in [-0.15, -0.1) is 0 Å². The van der Waals surface area contributed by atoms with Crippen LogP contribution >= 0.6 is 0 Å². The molecular weight excluding hydrogens is 260 g/mol. The molecule has 0 saturated carbocycles. The molecule has 1 unspecified atom stereocenters. The Morgan fingerprint density at radius 2 is 2.15 bits per heavy atom. The highest BCUT2D eigenvalue weighted by molar-refractivity contribution is 5.95.